The molecule has 0 saturated carbocycles. The van der Waals surface area contributed by atoms with Crippen molar-refractivity contribution in [3.63, 3.8) is 0 Å². The van der Waals surface area contributed by atoms with Crippen LogP contribution < -0.4 is 33.2 Å². The van der Waals surface area contributed by atoms with Crippen molar-refractivity contribution in [1.82, 2.24) is 16.0 Å². The normalized spacial score (nSPS) is 13.2. The number of amides is 3. The second-order valence-corrected chi connectivity index (χ2v) is 7.16. The Balaban J connectivity index is 2.83. The van der Waals surface area contributed by atoms with Gasteiger partial charge in [-0.3, -0.25) is 19.4 Å². The molecule has 0 aromatic heterocycles. The van der Waals surface area contributed by atoms with E-state index in [1.54, 1.807) is 30.3 Å². The van der Waals surface area contributed by atoms with E-state index in [4.69, 9.17) is 22.3 Å². The summed E-state index contributed by atoms with van der Waals surface area (Å²) in [5.74, 6) is -3.50. The van der Waals surface area contributed by atoms with E-state index in [1.165, 1.54) is 0 Å². The molecule has 11 N–H and O–H groups in total. The minimum Gasteiger partial charge on any atom is -0.480 e. The number of aliphatic imine (C=N–C) groups is 1. The molecule has 0 spiro atoms. The Morgan fingerprint density at radius 2 is 1.67 bits per heavy atom. The first-order valence-electron chi connectivity index (χ1n) is 10.2. The van der Waals surface area contributed by atoms with Gasteiger partial charge in [0, 0.05) is 13.0 Å². The number of aliphatic hydroxyl groups excluding tert-OH is 1. The third-order valence-electron chi connectivity index (χ3n) is 4.45. The molecule has 0 radical (unpaired) electrons. The first-order valence-corrected chi connectivity index (χ1v) is 10.2. The zero-order valence-electron chi connectivity index (χ0n) is 18.1. The molecule has 13 nitrogen and oxygen atoms in total. The number of nitrogens with two attached hydrogens (primary N) is 3. The lowest BCUT2D eigenvalue weighted by Crippen LogP contribution is -2.54. The van der Waals surface area contributed by atoms with Crippen LogP contribution in [-0.2, 0) is 25.6 Å². The largest absolute Gasteiger partial charge is 0.480 e. The molecule has 3 unspecified atom stereocenters. The van der Waals surface area contributed by atoms with Gasteiger partial charge in [-0.2, -0.15) is 0 Å². The van der Waals surface area contributed by atoms with Crippen LogP contribution in [0.3, 0.4) is 0 Å². The molecule has 13 heteroatoms. The maximum absolute atomic E-state index is 12.8. The number of hydrogen-bond donors (Lipinski definition) is 8. The van der Waals surface area contributed by atoms with Gasteiger partial charge < -0.3 is 43.4 Å². The van der Waals surface area contributed by atoms with Crippen molar-refractivity contribution in [3.05, 3.63) is 35.9 Å². The van der Waals surface area contributed by atoms with Crippen LogP contribution in [0.25, 0.3) is 0 Å². The van der Waals surface area contributed by atoms with Crippen LogP contribution in [0.5, 0.6) is 0 Å². The number of guanidine groups is 1. The summed E-state index contributed by atoms with van der Waals surface area (Å²) in [6.07, 6.45) is 0.462. The van der Waals surface area contributed by atoms with Gasteiger partial charge in [0.05, 0.1) is 13.2 Å². The summed E-state index contributed by atoms with van der Waals surface area (Å²) in [5.41, 5.74) is 16.6. The highest BCUT2D eigenvalue weighted by atomic mass is 16.4. The average Bonchev–Trinajstić information content (AvgIpc) is 2.78. The fraction of sp³-hybridized carbons (Fsp3) is 0.450. The molecule has 0 heterocycles. The van der Waals surface area contributed by atoms with Crippen molar-refractivity contribution < 1.29 is 29.4 Å². The van der Waals surface area contributed by atoms with Gasteiger partial charge in [-0.1, -0.05) is 30.3 Å². The standard InChI is InChI=1S/C20H31N7O6/c21-13(11-28)17(30)25-10-16(29)26-15(9-12-5-2-1-3-6-12)18(31)27-14(19(32)33)7-4-8-24-20(22)23/h1-3,5-6,13-15,28H,4,7-11,21H2,(H,25,30)(H,26,29)(H,27,31)(H,32,33)(H4,22,23,24). The van der Waals surface area contributed by atoms with Crippen LogP contribution in [0, 0.1) is 0 Å². The summed E-state index contributed by atoms with van der Waals surface area (Å²) < 4.78 is 0. The zero-order valence-corrected chi connectivity index (χ0v) is 18.1. The Bertz CT molecular complexity index is 829. The molecule has 182 valence electrons. The second-order valence-electron chi connectivity index (χ2n) is 7.16. The lowest BCUT2D eigenvalue weighted by Gasteiger charge is -2.22. The van der Waals surface area contributed by atoms with Crippen molar-refractivity contribution in [3.8, 4) is 0 Å². The summed E-state index contributed by atoms with van der Waals surface area (Å²) in [5, 5.41) is 25.5. The van der Waals surface area contributed by atoms with Gasteiger partial charge in [0.2, 0.25) is 17.7 Å². The van der Waals surface area contributed by atoms with Crippen LogP contribution in [0.15, 0.2) is 35.3 Å². The average molecular weight is 466 g/mol. The van der Waals surface area contributed by atoms with Gasteiger partial charge in [0.25, 0.3) is 0 Å². The van der Waals surface area contributed by atoms with Crippen molar-refractivity contribution in [2.45, 2.75) is 37.4 Å². The van der Waals surface area contributed by atoms with Crippen molar-refractivity contribution in [2.75, 3.05) is 19.7 Å². The molecule has 3 atom stereocenters. The first kappa shape index (κ1) is 27.3. The highest BCUT2D eigenvalue weighted by molar-refractivity contribution is 5.92. The molecule has 0 aliphatic carbocycles. The summed E-state index contributed by atoms with van der Waals surface area (Å²) in [6, 6.07) is 5.28. The Labute approximate surface area is 190 Å². The quantitative estimate of drug-likeness (QED) is 0.0782. The molecule has 0 bridgehead atoms. The minimum absolute atomic E-state index is 0.0684. The number of rotatable bonds is 14. The van der Waals surface area contributed by atoms with Crippen LogP contribution in [0.1, 0.15) is 18.4 Å². The second kappa shape index (κ2) is 14.4. The molecule has 1 aromatic carbocycles. The predicted octanol–water partition coefficient (Wildman–Crippen LogP) is -3.23. The van der Waals surface area contributed by atoms with Crippen molar-refractivity contribution in [1.29, 1.82) is 0 Å². The SMILES string of the molecule is NC(N)=NCCCC(NC(=O)C(Cc1ccccc1)NC(=O)CNC(=O)C(N)CO)C(=O)O. The van der Waals surface area contributed by atoms with Gasteiger partial charge in [-0.15, -0.1) is 0 Å². The molecule has 0 aliphatic heterocycles. The van der Waals surface area contributed by atoms with E-state index in [-0.39, 0.29) is 25.3 Å². The number of benzene rings is 1. The fourth-order valence-corrected chi connectivity index (χ4v) is 2.72. The Hall–Kier alpha value is -3.71. The zero-order chi connectivity index (χ0) is 24.8. The Kier molecular flexibility index (Phi) is 11.9. The molecular formula is C20H31N7O6. The minimum atomic E-state index is -1.25. The summed E-state index contributed by atoms with van der Waals surface area (Å²) in [7, 11) is 0. The number of nitrogens with one attached hydrogen (secondary N) is 3. The fourth-order valence-electron chi connectivity index (χ4n) is 2.72. The van der Waals surface area contributed by atoms with E-state index in [1.807, 2.05) is 0 Å². The topological polar surface area (TPSA) is 235 Å². The predicted molar refractivity (Wildman–Crippen MR) is 120 cm³/mol. The molecule has 0 aliphatic rings. The Morgan fingerprint density at radius 1 is 1.00 bits per heavy atom. The van der Waals surface area contributed by atoms with E-state index < -0.39 is 55.0 Å². The monoisotopic (exact) mass is 465 g/mol. The van der Waals surface area contributed by atoms with Crippen LogP contribution in [-0.4, -0.2) is 77.7 Å². The molecule has 0 fully saturated rings. The molecule has 0 saturated heterocycles. The molecule has 1 rings (SSSR count). The van der Waals surface area contributed by atoms with E-state index in [0.717, 1.165) is 5.56 Å². The number of nitrogens with zero attached hydrogens (tertiary/aromatic N) is 1. The summed E-state index contributed by atoms with van der Waals surface area (Å²) >= 11 is 0. The number of hydrogen-bond acceptors (Lipinski definition) is 7. The number of carboxylic acid groups (broad SMARTS) is 1. The third kappa shape index (κ3) is 10.9. The number of aliphatic hydroxyl groups is 1. The molecule has 3 amide bonds. The van der Waals surface area contributed by atoms with Crippen LogP contribution >= 0.6 is 0 Å². The van der Waals surface area contributed by atoms with Crippen LogP contribution in [0.2, 0.25) is 0 Å². The van der Waals surface area contributed by atoms with Crippen molar-refractivity contribution >= 4 is 29.7 Å². The van der Waals surface area contributed by atoms with Gasteiger partial charge in [-0.05, 0) is 18.4 Å². The maximum Gasteiger partial charge on any atom is 0.326 e. The molecule has 33 heavy (non-hydrogen) atoms. The lowest BCUT2D eigenvalue weighted by atomic mass is 10.0. The van der Waals surface area contributed by atoms with Crippen LogP contribution in [0.4, 0.5) is 0 Å². The number of carbonyl (C=O) groups excluding carboxylic acids is 3. The van der Waals surface area contributed by atoms with E-state index in [9.17, 15) is 24.3 Å². The lowest BCUT2D eigenvalue weighted by molar-refractivity contribution is -0.142. The number of carbonyl (C=O) groups is 4. The van der Waals surface area contributed by atoms with Gasteiger partial charge in [0.15, 0.2) is 5.96 Å². The first-order chi connectivity index (χ1) is 15.6. The third-order valence-corrected chi connectivity index (χ3v) is 4.45. The van der Waals surface area contributed by atoms with E-state index in [0.29, 0.717) is 6.42 Å². The summed E-state index contributed by atoms with van der Waals surface area (Å²) in [6.45, 7) is -0.875. The maximum atomic E-state index is 12.8. The van der Waals surface area contributed by atoms with E-state index in [2.05, 4.69) is 20.9 Å². The van der Waals surface area contributed by atoms with Gasteiger partial charge >= 0.3 is 5.97 Å². The van der Waals surface area contributed by atoms with E-state index >= 15 is 0 Å². The highest BCUT2D eigenvalue weighted by Crippen LogP contribution is 2.06. The van der Waals surface area contributed by atoms with Gasteiger partial charge in [0.1, 0.15) is 18.1 Å². The highest BCUT2D eigenvalue weighted by Gasteiger charge is 2.27. The molecular weight excluding hydrogens is 434 g/mol. The molecule has 1 aromatic rings. The summed E-state index contributed by atoms with van der Waals surface area (Å²) in [4.78, 5) is 52.1. The van der Waals surface area contributed by atoms with Gasteiger partial charge in [-0.25, -0.2) is 4.79 Å². The smallest absolute Gasteiger partial charge is 0.326 e. The van der Waals surface area contributed by atoms with Crippen molar-refractivity contribution in [2.24, 2.45) is 22.2 Å². The number of carboxylic acids is 1. The number of aliphatic carboxylic acids is 1. The Morgan fingerprint density at radius 3 is 2.24 bits per heavy atom.